The molecular formula is C12H10F3N3O. The van der Waals surface area contributed by atoms with Crippen LogP contribution in [0.5, 0.6) is 0 Å². The lowest BCUT2D eigenvalue weighted by Gasteiger charge is -2.08. The van der Waals surface area contributed by atoms with E-state index in [9.17, 15) is 18.0 Å². The third-order valence-electron chi connectivity index (χ3n) is 2.40. The predicted octanol–water partition coefficient (Wildman–Crippen LogP) is 2.99. The van der Waals surface area contributed by atoms with Gasteiger partial charge in [0, 0.05) is 17.3 Å². The average molecular weight is 269 g/mol. The van der Waals surface area contributed by atoms with Gasteiger partial charge in [-0.05, 0) is 25.1 Å². The van der Waals surface area contributed by atoms with E-state index in [1.54, 1.807) is 13.0 Å². The molecule has 0 bridgehead atoms. The molecule has 1 heterocycles. The second kappa shape index (κ2) is 4.75. The van der Waals surface area contributed by atoms with Crippen LogP contribution in [-0.2, 0) is 6.18 Å². The Balaban J connectivity index is 2.20. The van der Waals surface area contributed by atoms with Crippen molar-refractivity contribution in [3.05, 3.63) is 47.2 Å². The average Bonchev–Trinajstić information content (AvgIpc) is 2.74. The number of H-pyrrole nitrogens is 1. The number of halogens is 3. The zero-order valence-electron chi connectivity index (χ0n) is 9.88. The summed E-state index contributed by atoms with van der Waals surface area (Å²) in [6.45, 7) is 1.74. The molecule has 0 aliphatic heterocycles. The number of hydrogen-bond acceptors (Lipinski definition) is 2. The van der Waals surface area contributed by atoms with Gasteiger partial charge >= 0.3 is 6.18 Å². The summed E-state index contributed by atoms with van der Waals surface area (Å²) >= 11 is 0. The van der Waals surface area contributed by atoms with Crippen molar-refractivity contribution in [2.75, 3.05) is 5.32 Å². The van der Waals surface area contributed by atoms with Gasteiger partial charge in [0.15, 0.2) is 5.82 Å². The van der Waals surface area contributed by atoms with Gasteiger partial charge in [-0.25, -0.2) is 0 Å². The zero-order valence-corrected chi connectivity index (χ0v) is 9.88. The van der Waals surface area contributed by atoms with Crippen LogP contribution >= 0.6 is 0 Å². The molecule has 1 amide bonds. The third-order valence-corrected chi connectivity index (χ3v) is 2.40. The van der Waals surface area contributed by atoms with Gasteiger partial charge in [0.05, 0.1) is 5.56 Å². The fourth-order valence-corrected chi connectivity index (χ4v) is 1.51. The molecule has 0 aliphatic carbocycles. The highest BCUT2D eigenvalue weighted by Gasteiger charge is 2.30. The maximum Gasteiger partial charge on any atom is 0.416 e. The Hall–Kier alpha value is -2.31. The fourth-order valence-electron chi connectivity index (χ4n) is 1.51. The second-order valence-electron chi connectivity index (χ2n) is 3.97. The van der Waals surface area contributed by atoms with Gasteiger partial charge in [-0.2, -0.15) is 18.3 Å². The van der Waals surface area contributed by atoms with Crippen molar-refractivity contribution in [3.63, 3.8) is 0 Å². The van der Waals surface area contributed by atoms with Gasteiger partial charge < -0.3 is 5.32 Å². The van der Waals surface area contributed by atoms with Crippen LogP contribution < -0.4 is 5.32 Å². The number of alkyl halides is 3. The number of nitrogens with zero attached hydrogens (tertiary/aromatic N) is 1. The third kappa shape index (κ3) is 3.12. The summed E-state index contributed by atoms with van der Waals surface area (Å²) in [7, 11) is 0. The molecule has 0 saturated heterocycles. The van der Waals surface area contributed by atoms with Crippen molar-refractivity contribution in [3.8, 4) is 0 Å². The molecule has 0 aliphatic rings. The minimum Gasteiger partial charge on any atom is -0.305 e. The molecule has 2 aromatic rings. The van der Waals surface area contributed by atoms with Crippen LogP contribution in [0.4, 0.5) is 19.0 Å². The summed E-state index contributed by atoms with van der Waals surface area (Å²) < 4.78 is 37.5. The Kier molecular flexibility index (Phi) is 3.28. The number of amides is 1. The van der Waals surface area contributed by atoms with Crippen molar-refractivity contribution >= 4 is 11.7 Å². The van der Waals surface area contributed by atoms with Gasteiger partial charge in [0.2, 0.25) is 0 Å². The number of nitrogens with one attached hydrogen (secondary N) is 2. The van der Waals surface area contributed by atoms with Crippen LogP contribution in [0.15, 0.2) is 30.3 Å². The lowest BCUT2D eigenvalue weighted by atomic mass is 10.1. The van der Waals surface area contributed by atoms with Crippen LogP contribution in [0.25, 0.3) is 0 Å². The van der Waals surface area contributed by atoms with Crippen molar-refractivity contribution in [2.45, 2.75) is 13.1 Å². The van der Waals surface area contributed by atoms with Gasteiger partial charge in [-0.3, -0.25) is 9.89 Å². The first-order chi connectivity index (χ1) is 8.86. The van der Waals surface area contributed by atoms with E-state index in [-0.39, 0.29) is 11.4 Å². The zero-order chi connectivity index (χ0) is 14.0. The lowest BCUT2D eigenvalue weighted by Crippen LogP contribution is -2.14. The summed E-state index contributed by atoms with van der Waals surface area (Å²) in [6, 6.07) is 5.79. The van der Waals surface area contributed by atoms with E-state index in [0.29, 0.717) is 0 Å². The smallest absolute Gasteiger partial charge is 0.305 e. The van der Waals surface area contributed by atoms with Crippen molar-refractivity contribution < 1.29 is 18.0 Å². The molecule has 19 heavy (non-hydrogen) atoms. The monoisotopic (exact) mass is 269 g/mol. The molecule has 1 aromatic carbocycles. The summed E-state index contributed by atoms with van der Waals surface area (Å²) in [5.74, 6) is -0.377. The summed E-state index contributed by atoms with van der Waals surface area (Å²) in [6.07, 6.45) is -4.47. The predicted molar refractivity (Wildman–Crippen MR) is 62.7 cm³/mol. The number of aryl methyl sites for hydroxylation is 1. The number of carbonyl (C=O) groups excluding carboxylic acids is 1. The van der Waals surface area contributed by atoms with Crippen LogP contribution in [0.1, 0.15) is 21.6 Å². The van der Waals surface area contributed by atoms with Gasteiger partial charge in [0.25, 0.3) is 5.91 Å². The topological polar surface area (TPSA) is 57.8 Å². The molecular weight excluding hydrogens is 259 g/mol. The van der Waals surface area contributed by atoms with E-state index in [2.05, 4.69) is 15.5 Å². The molecule has 0 radical (unpaired) electrons. The molecule has 2 rings (SSSR count). The highest BCUT2D eigenvalue weighted by atomic mass is 19.4. The van der Waals surface area contributed by atoms with Crippen molar-refractivity contribution in [1.82, 2.24) is 10.2 Å². The van der Waals surface area contributed by atoms with Crippen LogP contribution in [0.3, 0.4) is 0 Å². The van der Waals surface area contributed by atoms with E-state index in [1.807, 2.05) is 0 Å². The van der Waals surface area contributed by atoms with E-state index >= 15 is 0 Å². The van der Waals surface area contributed by atoms with Crippen LogP contribution in [0.2, 0.25) is 0 Å². The number of anilines is 1. The maximum absolute atomic E-state index is 12.5. The molecule has 0 spiro atoms. The number of aromatic nitrogens is 2. The van der Waals surface area contributed by atoms with E-state index in [4.69, 9.17) is 0 Å². The summed E-state index contributed by atoms with van der Waals surface area (Å²) in [5.41, 5.74) is -0.201. The number of aromatic amines is 1. The first-order valence-corrected chi connectivity index (χ1v) is 5.37. The number of carbonyl (C=O) groups is 1. The molecule has 0 atom stereocenters. The molecule has 0 fully saturated rings. The first kappa shape index (κ1) is 13.1. The van der Waals surface area contributed by atoms with Crippen LogP contribution in [0, 0.1) is 6.92 Å². The lowest BCUT2D eigenvalue weighted by molar-refractivity contribution is -0.137. The summed E-state index contributed by atoms with van der Waals surface area (Å²) in [5, 5.41) is 8.80. The van der Waals surface area contributed by atoms with Crippen LogP contribution in [-0.4, -0.2) is 16.1 Å². The Morgan fingerprint density at radius 2 is 2.05 bits per heavy atom. The highest BCUT2D eigenvalue weighted by molar-refractivity contribution is 6.03. The molecule has 2 N–H and O–H groups in total. The van der Waals surface area contributed by atoms with Crippen molar-refractivity contribution in [1.29, 1.82) is 0 Å². The molecule has 0 unspecified atom stereocenters. The van der Waals surface area contributed by atoms with E-state index in [1.165, 1.54) is 12.1 Å². The quantitative estimate of drug-likeness (QED) is 0.880. The van der Waals surface area contributed by atoms with E-state index in [0.717, 1.165) is 17.8 Å². The van der Waals surface area contributed by atoms with Crippen molar-refractivity contribution in [2.24, 2.45) is 0 Å². The molecule has 7 heteroatoms. The van der Waals surface area contributed by atoms with E-state index < -0.39 is 17.6 Å². The Morgan fingerprint density at radius 1 is 1.32 bits per heavy atom. The number of rotatable bonds is 2. The minimum absolute atomic E-state index is 0.0736. The number of benzene rings is 1. The maximum atomic E-state index is 12.5. The normalized spacial score (nSPS) is 11.4. The number of hydrogen-bond donors (Lipinski definition) is 2. The van der Waals surface area contributed by atoms with Gasteiger partial charge in [0.1, 0.15) is 0 Å². The Morgan fingerprint density at radius 3 is 2.63 bits per heavy atom. The molecule has 1 aromatic heterocycles. The molecule has 4 nitrogen and oxygen atoms in total. The standard InChI is InChI=1S/C12H10F3N3O/c1-7-5-10(18-17-7)16-11(19)8-3-2-4-9(6-8)12(13,14)15/h2-6H,1H3,(H2,16,17,18,19). The molecule has 0 saturated carbocycles. The second-order valence-corrected chi connectivity index (χ2v) is 3.97. The minimum atomic E-state index is -4.47. The summed E-state index contributed by atoms with van der Waals surface area (Å²) in [4.78, 5) is 11.8. The largest absolute Gasteiger partial charge is 0.416 e. The van der Waals surface area contributed by atoms with Gasteiger partial charge in [-0.1, -0.05) is 6.07 Å². The fraction of sp³-hybridized carbons (Fsp3) is 0.167. The first-order valence-electron chi connectivity index (χ1n) is 5.37. The SMILES string of the molecule is Cc1cc(NC(=O)c2cccc(C(F)(F)F)c2)n[nH]1. The Labute approximate surface area is 106 Å². The van der Waals surface area contributed by atoms with Gasteiger partial charge in [-0.15, -0.1) is 0 Å². The highest BCUT2D eigenvalue weighted by Crippen LogP contribution is 2.29. The Bertz CT molecular complexity index is 604. The molecule has 100 valence electrons.